The molecule has 0 spiro atoms. The average molecular weight is 379 g/mol. The summed E-state index contributed by atoms with van der Waals surface area (Å²) in [7, 11) is -0.586. The highest BCUT2D eigenvalue weighted by Gasteiger charge is 2.26. The van der Waals surface area contributed by atoms with Crippen molar-refractivity contribution in [1.82, 2.24) is 8.87 Å². The van der Waals surface area contributed by atoms with E-state index < -0.39 is 10.0 Å². The predicted molar refractivity (Wildman–Crippen MR) is 97.5 cm³/mol. The molecule has 0 atom stereocenters. The average Bonchev–Trinajstić information content (AvgIpc) is 2.64. The smallest absolute Gasteiger partial charge is 0.274 e. The van der Waals surface area contributed by atoms with Crippen molar-refractivity contribution in [3.8, 4) is 0 Å². The van der Waals surface area contributed by atoms with Gasteiger partial charge in [0.25, 0.3) is 11.4 Å². The van der Waals surface area contributed by atoms with Gasteiger partial charge >= 0.3 is 0 Å². The van der Waals surface area contributed by atoms with Crippen molar-refractivity contribution in [2.75, 3.05) is 45.2 Å². The summed E-state index contributed by atoms with van der Waals surface area (Å²) in [5.41, 5.74) is -0.186. The standard InChI is InChI=1S/C17H23N5O3S/c1-19(2)26(24,25)15-6-7-17(23)22(13-15)14-20-9-11-21(12-10-20)16-5-3-4-8-18-16/h3-8,13H,9-12,14H2,1-2H3/p+2. The molecule has 8 nitrogen and oxygen atoms in total. The van der Waals surface area contributed by atoms with Crippen LogP contribution in [0, 0.1) is 0 Å². The number of hydrogen-bond acceptors (Lipinski definition) is 4. The van der Waals surface area contributed by atoms with E-state index in [0.29, 0.717) is 6.67 Å². The van der Waals surface area contributed by atoms with E-state index in [1.165, 1.54) is 41.9 Å². The van der Waals surface area contributed by atoms with Gasteiger partial charge < -0.3 is 4.90 Å². The Morgan fingerprint density at radius 2 is 1.88 bits per heavy atom. The molecule has 2 aromatic heterocycles. The van der Waals surface area contributed by atoms with Crippen molar-refractivity contribution in [3.63, 3.8) is 0 Å². The lowest BCUT2D eigenvalue weighted by atomic mass is 10.3. The zero-order valence-corrected chi connectivity index (χ0v) is 15.9. The summed E-state index contributed by atoms with van der Waals surface area (Å²) in [5.74, 6) is 1.09. The Hall–Kier alpha value is -2.23. The monoisotopic (exact) mass is 379 g/mol. The van der Waals surface area contributed by atoms with E-state index in [1.54, 1.807) is 0 Å². The molecule has 0 saturated carbocycles. The SMILES string of the molecule is CN(C)S(=O)(=O)c1ccc(=O)n(C[NH+]2CCN(c3cccc[nH+]3)CC2)c1. The molecule has 2 N–H and O–H groups in total. The molecule has 1 saturated heterocycles. The van der Waals surface area contributed by atoms with Gasteiger partial charge in [0.1, 0.15) is 26.2 Å². The highest BCUT2D eigenvalue weighted by molar-refractivity contribution is 7.89. The second-order valence-corrected chi connectivity index (χ2v) is 8.76. The van der Waals surface area contributed by atoms with Crippen LogP contribution in [0.4, 0.5) is 5.82 Å². The fourth-order valence-corrected chi connectivity index (χ4v) is 3.96. The van der Waals surface area contributed by atoms with E-state index in [1.807, 2.05) is 24.4 Å². The Morgan fingerprint density at radius 3 is 2.50 bits per heavy atom. The summed E-state index contributed by atoms with van der Waals surface area (Å²) in [5, 5.41) is 0. The van der Waals surface area contributed by atoms with Gasteiger partial charge in [-0.3, -0.25) is 14.3 Å². The van der Waals surface area contributed by atoms with Crippen LogP contribution in [0.3, 0.4) is 0 Å². The van der Waals surface area contributed by atoms with Crippen LogP contribution < -0.4 is 20.3 Å². The number of H-pyrrole nitrogens is 1. The Morgan fingerprint density at radius 1 is 1.15 bits per heavy atom. The summed E-state index contributed by atoms with van der Waals surface area (Å²) in [6, 6.07) is 8.69. The summed E-state index contributed by atoms with van der Waals surface area (Å²) >= 11 is 0. The first kappa shape index (κ1) is 18.6. The molecular formula is C17H25N5O3S+2. The van der Waals surface area contributed by atoms with Crippen LogP contribution >= 0.6 is 0 Å². The van der Waals surface area contributed by atoms with E-state index in [2.05, 4.69) is 9.88 Å². The lowest BCUT2D eigenvalue weighted by Crippen LogP contribution is -3.14. The van der Waals surface area contributed by atoms with Gasteiger partial charge in [0.15, 0.2) is 6.67 Å². The minimum Gasteiger partial charge on any atom is -0.311 e. The van der Waals surface area contributed by atoms with E-state index >= 15 is 0 Å². The normalized spacial score (nSPS) is 16.2. The summed E-state index contributed by atoms with van der Waals surface area (Å²) in [6.07, 6.45) is 3.35. The molecule has 26 heavy (non-hydrogen) atoms. The van der Waals surface area contributed by atoms with Gasteiger partial charge in [0, 0.05) is 32.4 Å². The van der Waals surface area contributed by atoms with E-state index in [0.717, 1.165) is 36.3 Å². The highest BCUT2D eigenvalue weighted by atomic mass is 32.2. The van der Waals surface area contributed by atoms with Crippen LogP contribution in [0.1, 0.15) is 0 Å². The van der Waals surface area contributed by atoms with Crippen LogP contribution in [0.2, 0.25) is 0 Å². The van der Waals surface area contributed by atoms with E-state index in [9.17, 15) is 13.2 Å². The first-order chi connectivity index (χ1) is 12.4. The van der Waals surface area contributed by atoms with Crippen molar-refractivity contribution in [2.24, 2.45) is 0 Å². The van der Waals surface area contributed by atoms with E-state index in [-0.39, 0.29) is 10.5 Å². The second-order valence-electron chi connectivity index (χ2n) is 6.60. The minimum atomic E-state index is -3.55. The van der Waals surface area contributed by atoms with Crippen LogP contribution in [-0.4, -0.2) is 57.6 Å². The molecule has 3 rings (SSSR count). The molecule has 9 heteroatoms. The molecule has 0 unspecified atom stereocenters. The topological polar surface area (TPSA) is 81.2 Å². The largest absolute Gasteiger partial charge is 0.311 e. The molecule has 1 aliphatic heterocycles. The van der Waals surface area contributed by atoms with Crippen LogP contribution in [0.15, 0.2) is 52.4 Å². The lowest BCUT2D eigenvalue weighted by molar-refractivity contribution is -0.923. The van der Waals surface area contributed by atoms with Crippen LogP contribution in [0.5, 0.6) is 0 Å². The van der Waals surface area contributed by atoms with Crippen molar-refractivity contribution in [1.29, 1.82) is 0 Å². The fourth-order valence-electron chi connectivity index (χ4n) is 3.04. The zero-order chi connectivity index (χ0) is 18.7. The maximum absolute atomic E-state index is 12.3. The van der Waals surface area contributed by atoms with Gasteiger partial charge in [-0.05, 0) is 12.1 Å². The third kappa shape index (κ3) is 3.95. The molecular weight excluding hydrogens is 354 g/mol. The predicted octanol–water partition coefficient (Wildman–Crippen LogP) is -1.72. The third-order valence-corrected chi connectivity index (χ3v) is 6.43. The summed E-state index contributed by atoms with van der Waals surface area (Å²) < 4.78 is 27.2. The van der Waals surface area contributed by atoms with Crippen molar-refractivity contribution >= 4 is 15.8 Å². The zero-order valence-electron chi connectivity index (χ0n) is 15.1. The molecule has 2 aromatic rings. The van der Waals surface area contributed by atoms with Crippen molar-refractivity contribution in [3.05, 3.63) is 53.1 Å². The number of pyridine rings is 2. The Bertz CT molecular complexity index is 903. The number of sulfonamides is 1. The van der Waals surface area contributed by atoms with Crippen LogP contribution in [0.25, 0.3) is 0 Å². The van der Waals surface area contributed by atoms with Crippen molar-refractivity contribution < 1.29 is 18.3 Å². The van der Waals surface area contributed by atoms with Gasteiger partial charge in [-0.15, -0.1) is 0 Å². The Balaban J connectivity index is 1.70. The third-order valence-electron chi connectivity index (χ3n) is 4.63. The number of piperazine rings is 1. The molecule has 3 heterocycles. The number of aromatic amines is 1. The lowest BCUT2D eigenvalue weighted by Gasteiger charge is -2.28. The molecule has 0 radical (unpaired) electrons. The Labute approximate surface area is 153 Å². The first-order valence-corrected chi connectivity index (χ1v) is 10.0. The van der Waals surface area contributed by atoms with Crippen LogP contribution in [-0.2, 0) is 16.7 Å². The number of hydrogen-bond donors (Lipinski definition) is 1. The molecule has 140 valence electrons. The van der Waals surface area contributed by atoms with Gasteiger partial charge in [-0.25, -0.2) is 17.7 Å². The highest BCUT2D eigenvalue weighted by Crippen LogP contribution is 2.10. The quantitative estimate of drug-likeness (QED) is 0.670. The molecule has 0 amide bonds. The molecule has 0 aromatic carbocycles. The molecule has 1 fully saturated rings. The van der Waals surface area contributed by atoms with Crippen molar-refractivity contribution in [2.45, 2.75) is 11.6 Å². The number of quaternary nitrogens is 1. The van der Waals surface area contributed by atoms with Gasteiger partial charge in [0.05, 0.1) is 11.1 Å². The second kappa shape index (κ2) is 7.56. The van der Waals surface area contributed by atoms with Gasteiger partial charge in [-0.2, -0.15) is 0 Å². The summed E-state index contributed by atoms with van der Waals surface area (Å²) in [6.45, 7) is 3.96. The molecule has 0 bridgehead atoms. The number of aromatic nitrogens is 2. The maximum atomic E-state index is 12.3. The number of nitrogens with one attached hydrogen (secondary N) is 2. The van der Waals surface area contributed by atoms with Gasteiger partial charge in [0.2, 0.25) is 10.0 Å². The number of nitrogens with zero attached hydrogens (tertiary/aromatic N) is 3. The summed E-state index contributed by atoms with van der Waals surface area (Å²) in [4.78, 5) is 19.1. The molecule has 0 aliphatic carbocycles. The fraction of sp³-hybridized carbons (Fsp3) is 0.412. The number of anilines is 1. The maximum Gasteiger partial charge on any atom is 0.274 e. The van der Waals surface area contributed by atoms with E-state index in [4.69, 9.17) is 0 Å². The first-order valence-electron chi connectivity index (χ1n) is 8.56. The van der Waals surface area contributed by atoms with Gasteiger partial charge in [-0.1, -0.05) is 6.07 Å². The molecule has 1 aliphatic rings. The number of rotatable bonds is 5. The minimum absolute atomic E-state index is 0.138. The Kier molecular flexibility index (Phi) is 5.40.